The fourth-order valence-electron chi connectivity index (χ4n) is 0.938. The van der Waals surface area contributed by atoms with Crippen LogP contribution in [0.1, 0.15) is 44.2 Å². The molecule has 0 aliphatic carbocycles. The van der Waals surface area contributed by atoms with E-state index in [1.807, 2.05) is 27.7 Å². The van der Waals surface area contributed by atoms with Gasteiger partial charge in [-0.3, -0.25) is 4.79 Å². The van der Waals surface area contributed by atoms with Crippen LogP contribution in [0.4, 0.5) is 0 Å². The zero-order valence-corrected chi connectivity index (χ0v) is 8.48. The van der Waals surface area contributed by atoms with Crippen molar-refractivity contribution in [3.63, 3.8) is 0 Å². The average molecular weight is 181 g/mol. The van der Waals surface area contributed by atoms with Crippen molar-refractivity contribution in [3.8, 4) is 0 Å². The Labute approximate surface area is 77.9 Å². The Balaban J connectivity index is 2.86. The second-order valence-corrected chi connectivity index (χ2v) is 3.70. The Bertz CT molecular complexity index is 302. The summed E-state index contributed by atoms with van der Waals surface area (Å²) in [6, 6.07) is 0.251. The first-order chi connectivity index (χ1) is 6.02. The molecule has 4 nitrogen and oxygen atoms in total. The number of hydrogen-bond acceptors (Lipinski definition) is 3. The Hall–Kier alpha value is -1.19. The van der Waals surface area contributed by atoms with Crippen LogP contribution in [0, 0.1) is 5.92 Å². The largest absolute Gasteiger partial charge is 0.292 e. The van der Waals surface area contributed by atoms with Crippen LogP contribution >= 0.6 is 0 Å². The fraction of sp³-hybridized carbons (Fsp3) is 0.667. The minimum absolute atomic E-state index is 0.0164. The van der Waals surface area contributed by atoms with E-state index in [4.69, 9.17) is 0 Å². The van der Waals surface area contributed by atoms with Crippen LogP contribution in [0.25, 0.3) is 0 Å². The molecule has 13 heavy (non-hydrogen) atoms. The molecule has 1 aromatic rings. The summed E-state index contributed by atoms with van der Waals surface area (Å²) in [6.45, 7) is 7.71. The van der Waals surface area contributed by atoms with Crippen LogP contribution in [-0.4, -0.2) is 20.8 Å². The Morgan fingerprint density at radius 1 is 1.38 bits per heavy atom. The van der Waals surface area contributed by atoms with E-state index in [1.54, 1.807) is 10.9 Å². The van der Waals surface area contributed by atoms with E-state index >= 15 is 0 Å². The van der Waals surface area contributed by atoms with Gasteiger partial charge in [0.25, 0.3) is 0 Å². The monoisotopic (exact) mass is 181 g/mol. The summed E-state index contributed by atoms with van der Waals surface area (Å²) in [5.41, 5.74) is 0.462. The molecular weight excluding hydrogens is 166 g/mol. The highest BCUT2D eigenvalue weighted by atomic mass is 16.1. The first-order valence-electron chi connectivity index (χ1n) is 4.48. The zero-order valence-electron chi connectivity index (χ0n) is 8.48. The standard InChI is InChI=1S/C9H15N3O/c1-6(2)9(13)8-5-12(7(3)4)11-10-8/h5-7H,1-4H3. The van der Waals surface area contributed by atoms with Crippen LogP contribution in [-0.2, 0) is 0 Å². The maximum Gasteiger partial charge on any atom is 0.187 e. The van der Waals surface area contributed by atoms with Gasteiger partial charge in [0, 0.05) is 12.0 Å². The van der Waals surface area contributed by atoms with Crippen LogP contribution < -0.4 is 0 Å². The van der Waals surface area contributed by atoms with Crippen LogP contribution in [0.5, 0.6) is 0 Å². The molecule has 0 N–H and O–H groups in total. The Kier molecular flexibility index (Phi) is 2.80. The molecule has 72 valence electrons. The summed E-state index contributed by atoms with van der Waals surface area (Å²) in [6.07, 6.45) is 1.70. The predicted octanol–water partition coefficient (Wildman–Crippen LogP) is 1.70. The molecule has 0 unspecified atom stereocenters. The summed E-state index contributed by atoms with van der Waals surface area (Å²) in [7, 11) is 0. The highest BCUT2D eigenvalue weighted by Gasteiger charge is 2.14. The van der Waals surface area contributed by atoms with E-state index in [-0.39, 0.29) is 17.7 Å². The third-order valence-corrected chi connectivity index (χ3v) is 1.82. The van der Waals surface area contributed by atoms with Crippen LogP contribution in [0.3, 0.4) is 0 Å². The third kappa shape index (κ3) is 2.14. The summed E-state index contributed by atoms with van der Waals surface area (Å²) >= 11 is 0. The molecule has 0 bridgehead atoms. The molecular formula is C9H15N3O. The minimum atomic E-state index is -0.0164. The third-order valence-electron chi connectivity index (χ3n) is 1.82. The molecule has 0 amide bonds. The minimum Gasteiger partial charge on any atom is -0.292 e. The van der Waals surface area contributed by atoms with Gasteiger partial charge >= 0.3 is 0 Å². The van der Waals surface area contributed by atoms with Crippen LogP contribution in [0.2, 0.25) is 0 Å². The van der Waals surface area contributed by atoms with Crippen molar-refractivity contribution in [3.05, 3.63) is 11.9 Å². The number of carbonyl (C=O) groups excluding carboxylic acids is 1. The van der Waals surface area contributed by atoms with Gasteiger partial charge in [-0.25, -0.2) is 4.68 Å². The number of ketones is 1. The molecule has 0 saturated carbocycles. The molecule has 0 fully saturated rings. The predicted molar refractivity (Wildman–Crippen MR) is 49.6 cm³/mol. The quantitative estimate of drug-likeness (QED) is 0.667. The molecule has 0 aliphatic heterocycles. The SMILES string of the molecule is CC(C)C(=O)c1cn(C(C)C)nn1. The summed E-state index contributed by atoms with van der Waals surface area (Å²) in [5, 5.41) is 7.69. The number of hydrogen-bond donors (Lipinski definition) is 0. The molecule has 1 aromatic heterocycles. The number of aromatic nitrogens is 3. The number of rotatable bonds is 3. The van der Waals surface area contributed by atoms with Gasteiger partial charge in [-0.2, -0.15) is 0 Å². The van der Waals surface area contributed by atoms with Gasteiger partial charge in [-0.1, -0.05) is 19.1 Å². The van der Waals surface area contributed by atoms with Crippen molar-refractivity contribution in [2.24, 2.45) is 5.92 Å². The summed E-state index contributed by atoms with van der Waals surface area (Å²) in [4.78, 5) is 11.5. The molecule has 1 rings (SSSR count). The maximum atomic E-state index is 11.5. The van der Waals surface area contributed by atoms with E-state index < -0.39 is 0 Å². The van der Waals surface area contributed by atoms with Crippen molar-refractivity contribution in [2.75, 3.05) is 0 Å². The maximum absolute atomic E-state index is 11.5. The molecule has 0 saturated heterocycles. The van der Waals surface area contributed by atoms with Crippen molar-refractivity contribution in [1.29, 1.82) is 0 Å². The van der Waals surface area contributed by atoms with Gasteiger partial charge in [0.1, 0.15) is 5.69 Å². The van der Waals surface area contributed by atoms with Gasteiger partial charge in [0.05, 0.1) is 6.20 Å². The lowest BCUT2D eigenvalue weighted by Crippen LogP contribution is -2.07. The number of nitrogens with zero attached hydrogens (tertiary/aromatic N) is 3. The lowest BCUT2D eigenvalue weighted by atomic mass is 10.1. The van der Waals surface area contributed by atoms with E-state index in [1.165, 1.54) is 0 Å². The highest BCUT2D eigenvalue weighted by Crippen LogP contribution is 2.07. The van der Waals surface area contributed by atoms with Gasteiger partial charge in [-0.05, 0) is 13.8 Å². The van der Waals surface area contributed by atoms with Gasteiger partial charge < -0.3 is 0 Å². The van der Waals surface area contributed by atoms with Crippen molar-refractivity contribution in [1.82, 2.24) is 15.0 Å². The summed E-state index contributed by atoms with van der Waals surface area (Å²) in [5.74, 6) is 0.0317. The molecule has 0 aliphatic rings. The normalized spacial score (nSPS) is 11.2. The number of carbonyl (C=O) groups is 1. The average Bonchev–Trinajstić information content (AvgIpc) is 2.50. The van der Waals surface area contributed by atoms with Crippen LogP contribution in [0.15, 0.2) is 6.20 Å². The Morgan fingerprint density at radius 3 is 2.38 bits per heavy atom. The first kappa shape index (κ1) is 9.89. The fourth-order valence-corrected chi connectivity index (χ4v) is 0.938. The highest BCUT2D eigenvalue weighted by molar-refractivity contribution is 5.95. The van der Waals surface area contributed by atoms with E-state index in [0.29, 0.717) is 5.69 Å². The molecule has 0 spiro atoms. The molecule has 0 aromatic carbocycles. The lowest BCUT2D eigenvalue weighted by Gasteiger charge is -2.01. The zero-order chi connectivity index (χ0) is 10.0. The lowest BCUT2D eigenvalue weighted by molar-refractivity contribution is 0.0934. The Morgan fingerprint density at radius 2 is 2.00 bits per heavy atom. The summed E-state index contributed by atoms with van der Waals surface area (Å²) < 4.78 is 1.69. The first-order valence-corrected chi connectivity index (χ1v) is 4.48. The topological polar surface area (TPSA) is 47.8 Å². The van der Waals surface area contributed by atoms with E-state index in [2.05, 4.69) is 10.3 Å². The van der Waals surface area contributed by atoms with Crippen molar-refractivity contribution < 1.29 is 4.79 Å². The van der Waals surface area contributed by atoms with Crippen molar-refractivity contribution >= 4 is 5.78 Å². The second kappa shape index (κ2) is 3.68. The smallest absolute Gasteiger partial charge is 0.187 e. The van der Waals surface area contributed by atoms with Gasteiger partial charge in [-0.15, -0.1) is 5.10 Å². The van der Waals surface area contributed by atoms with E-state index in [9.17, 15) is 4.79 Å². The molecule has 4 heteroatoms. The van der Waals surface area contributed by atoms with Gasteiger partial charge in [0.15, 0.2) is 5.78 Å². The molecule has 0 atom stereocenters. The number of Topliss-reactive ketones (excluding diaryl/α,β-unsaturated/α-hetero) is 1. The van der Waals surface area contributed by atoms with E-state index in [0.717, 1.165) is 0 Å². The molecule has 1 heterocycles. The molecule has 0 radical (unpaired) electrons. The van der Waals surface area contributed by atoms with Gasteiger partial charge in [0.2, 0.25) is 0 Å². The van der Waals surface area contributed by atoms with Crippen molar-refractivity contribution in [2.45, 2.75) is 33.7 Å². The second-order valence-electron chi connectivity index (χ2n) is 3.70.